The number of hydrogen-bond acceptors (Lipinski definition) is 2. The molecule has 0 saturated heterocycles. The van der Waals surface area contributed by atoms with E-state index < -0.39 is 0 Å². The van der Waals surface area contributed by atoms with Crippen LogP contribution in [0.1, 0.15) is 26.7 Å². The molecule has 0 fully saturated rings. The van der Waals surface area contributed by atoms with Crippen molar-refractivity contribution >= 4 is 16.8 Å². The first kappa shape index (κ1) is 12.4. The van der Waals surface area contributed by atoms with E-state index in [0.29, 0.717) is 11.7 Å². The van der Waals surface area contributed by atoms with Crippen molar-refractivity contribution in [2.24, 2.45) is 10.7 Å². The minimum atomic E-state index is 0.444. The lowest BCUT2D eigenvalue weighted by atomic mass is 10.2. The largest absolute Gasteiger partial charge is 0.326 e. The smallest absolute Gasteiger partial charge is 0.133 e. The highest BCUT2D eigenvalue weighted by atomic mass is 35.5. The minimum Gasteiger partial charge on any atom is -0.326 e. The van der Waals surface area contributed by atoms with Crippen LogP contribution >= 0.6 is 11.6 Å². The third kappa shape index (κ3) is 5.61. The molecular weight excluding hydrogens is 184 g/mol. The van der Waals surface area contributed by atoms with Crippen LogP contribution in [0, 0.1) is 0 Å². The Balaban J connectivity index is 4.38. The Morgan fingerprint density at radius 1 is 1.54 bits per heavy atom. The Morgan fingerprint density at radius 3 is 2.69 bits per heavy atom. The van der Waals surface area contributed by atoms with Crippen LogP contribution in [0.3, 0.4) is 0 Å². The van der Waals surface area contributed by atoms with E-state index >= 15 is 0 Å². The Labute approximate surface area is 85.2 Å². The molecule has 0 aliphatic rings. The predicted molar refractivity (Wildman–Crippen MR) is 60.1 cm³/mol. The third-order valence-corrected chi connectivity index (χ3v) is 1.84. The van der Waals surface area contributed by atoms with E-state index in [1.165, 1.54) is 0 Å². The molecule has 0 aromatic heterocycles. The van der Waals surface area contributed by atoms with Gasteiger partial charge in [0.05, 0.1) is 0 Å². The second-order valence-electron chi connectivity index (χ2n) is 2.62. The minimum absolute atomic E-state index is 0.444. The zero-order valence-electron chi connectivity index (χ0n) is 8.26. The van der Waals surface area contributed by atoms with Crippen molar-refractivity contribution in [1.82, 2.24) is 0 Å². The lowest BCUT2D eigenvalue weighted by Gasteiger charge is -2.00. The molecule has 0 heterocycles. The first-order valence-electron chi connectivity index (χ1n) is 4.50. The molecule has 0 unspecified atom stereocenters. The van der Waals surface area contributed by atoms with Crippen molar-refractivity contribution in [3.8, 4) is 0 Å². The molecule has 2 N–H and O–H groups in total. The van der Waals surface area contributed by atoms with E-state index in [4.69, 9.17) is 17.3 Å². The molecule has 0 aliphatic heterocycles. The van der Waals surface area contributed by atoms with Crippen LogP contribution in [0.15, 0.2) is 28.9 Å². The summed E-state index contributed by atoms with van der Waals surface area (Å²) in [6.45, 7) is 4.45. The van der Waals surface area contributed by atoms with Gasteiger partial charge in [0.1, 0.15) is 5.17 Å². The summed E-state index contributed by atoms with van der Waals surface area (Å²) in [6, 6.07) is 0. The molecule has 0 rings (SSSR count). The van der Waals surface area contributed by atoms with Crippen molar-refractivity contribution in [2.75, 3.05) is 6.54 Å². The van der Waals surface area contributed by atoms with Crippen LogP contribution in [0.25, 0.3) is 0 Å². The van der Waals surface area contributed by atoms with Gasteiger partial charge in [0.25, 0.3) is 0 Å². The summed E-state index contributed by atoms with van der Waals surface area (Å²) in [5, 5.41) is 0.494. The van der Waals surface area contributed by atoms with E-state index in [-0.39, 0.29) is 0 Å². The molecule has 0 radical (unpaired) electrons. The quantitative estimate of drug-likeness (QED) is 0.681. The van der Waals surface area contributed by atoms with Crippen LogP contribution in [0.4, 0.5) is 0 Å². The van der Waals surface area contributed by atoms with Crippen LogP contribution < -0.4 is 5.73 Å². The summed E-state index contributed by atoms with van der Waals surface area (Å²) < 4.78 is 0. The van der Waals surface area contributed by atoms with Crippen molar-refractivity contribution in [3.05, 3.63) is 23.9 Å². The third-order valence-electron chi connectivity index (χ3n) is 1.50. The highest BCUT2D eigenvalue weighted by Gasteiger charge is 1.99. The van der Waals surface area contributed by atoms with E-state index in [1.807, 2.05) is 19.1 Å². The first-order chi connectivity index (χ1) is 6.26. The summed E-state index contributed by atoms with van der Waals surface area (Å²) in [6.07, 6.45) is 7.62. The van der Waals surface area contributed by atoms with E-state index in [0.717, 1.165) is 18.4 Å². The lowest BCUT2D eigenvalue weighted by Crippen LogP contribution is -2.08. The number of nitrogens with two attached hydrogens (primary N) is 1. The van der Waals surface area contributed by atoms with Gasteiger partial charge in [-0.05, 0) is 18.9 Å². The van der Waals surface area contributed by atoms with Gasteiger partial charge in [-0.25, -0.2) is 4.99 Å². The number of hydrogen-bond donors (Lipinski definition) is 1. The van der Waals surface area contributed by atoms with Crippen molar-refractivity contribution in [2.45, 2.75) is 26.7 Å². The van der Waals surface area contributed by atoms with Crippen molar-refractivity contribution in [1.29, 1.82) is 0 Å². The molecule has 0 saturated carbocycles. The lowest BCUT2D eigenvalue weighted by molar-refractivity contribution is 0.949. The molecular formula is C10H17ClN2. The molecule has 0 aliphatic carbocycles. The summed E-state index contributed by atoms with van der Waals surface area (Å²) in [5.74, 6) is 0. The summed E-state index contributed by atoms with van der Waals surface area (Å²) in [7, 11) is 0. The predicted octanol–water partition coefficient (Wildman–Crippen LogP) is 2.84. The van der Waals surface area contributed by atoms with E-state index in [9.17, 15) is 0 Å². The molecule has 0 spiro atoms. The Morgan fingerprint density at radius 2 is 2.23 bits per heavy atom. The number of aliphatic imine (C=N–C) groups is 1. The standard InChI is InChI=1S/C10H17ClN2/c1-3-5-6-9(8-12)10(11)13-7-4-2/h4,6-7H,3,5,8,12H2,1-2H3/b7-4-,9-6+,13-10-. The molecule has 0 amide bonds. The molecule has 74 valence electrons. The number of nitrogens with zero attached hydrogens (tertiary/aromatic N) is 1. The molecule has 0 atom stereocenters. The van der Waals surface area contributed by atoms with Gasteiger partial charge in [-0.2, -0.15) is 0 Å². The van der Waals surface area contributed by atoms with Crippen molar-refractivity contribution < 1.29 is 0 Å². The second kappa shape index (κ2) is 8.02. The average molecular weight is 201 g/mol. The average Bonchev–Trinajstić information content (AvgIpc) is 2.16. The molecule has 3 heteroatoms. The van der Waals surface area contributed by atoms with E-state index in [1.54, 1.807) is 6.20 Å². The maximum Gasteiger partial charge on any atom is 0.133 e. The van der Waals surface area contributed by atoms with Crippen LogP contribution in [0.2, 0.25) is 0 Å². The maximum absolute atomic E-state index is 5.91. The fraction of sp³-hybridized carbons (Fsp3) is 0.500. The summed E-state index contributed by atoms with van der Waals surface area (Å²) in [5.41, 5.74) is 6.45. The zero-order valence-corrected chi connectivity index (χ0v) is 9.01. The summed E-state index contributed by atoms with van der Waals surface area (Å²) in [4.78, 5) is 4.02. The van der Waals surface area contributed by atoms with Gasteiger partial charge in [0.2, 0.25) is 0 Å². The Bertz CT molecular complexity index is 217. The fourth-order valence-corrected chi connectivity index (χ4v) is 1.00. The second-order valence-corrected chi connectivity index (χ2v) is 2.98. The summed E-state index contributed by atoms with van der Waals surface area (Å²) >= 11 is 5.91. The Kier molecular flexibility index (Phi) is 7.65. The highest BCUT2D eigenvalue weighted by molar-refractivity contribution is 6.69. The zero-order chi connectivity index (χ0) is 10.1. The number of unbranched alkanes of at least 4 members (excludes halogenated alkanes) is 1. The van der Waals surface area contributed by atoms with Crippen LogP contribution in [-0.4, -0.2) is 11.7 Å². The molecule has 0 bridgehead atoms. The van der Waals surface area contributed by atoms with Gasteiger partial charge in [-0.1, -0.05) is 37.1 Å². The Hall–Kier alpha value is -0.600. The van der Waals surface area contributed by atoms with Gasteiger partial charge >= 0.3 is 0 Å². The van der Waals surface area contributed by atoms with Gasteiger partial charge in [-0.15, -0.1) is 0 Å². The number of halogens is 1. The normalized spacial score (nSPS) is 14.2. The molecule has 0 aromatic carbocycles. The first-order valence-corrected chi connectivity index (χ1v) is 4.88. The van der Waals surface area contributed by atoms with Gasteiger partial charge in [0.15, 0.2) is 0 Å². The molecule has 13 heavy (non-hydrogen) atoms. The van der Waals surface area contributed by atoms with Gasteiger partial charge in [-0.3, -0.25) is 0 Å². The van der Waals surface area contributed by atoms with Crippen LogP contribution in [-0.2, 0) is 0 Å². The SMILES string of the molecule is C\C=C/N=C(Cl)/C(=C/CCC)CN. The monoisotopic (exact) mass is 200 g/mol. The van der Waals surface area contributed by atoms with Gasteiger partial charge < -0.3 is 5.73 Å². The van der Waals surface area contributed by atoms with Gasteiger partial charge in [0, 0.05) is 12.7 Å². The number of allylic oxidation sites excluding steroid dienone is 2. The van der Waals surface area contributed by atoms with Crippen LogP contribution in [0.5, 0.6) is 0 Å². The van der Waals surface area contributed by atoms with Crippen molar-refractivity contribution in [3.63, 3.8) is 0 Å². The fourth-order valence-electron chi connectivity index (χ4n) is 0.793. The van der Waals surface area contributed by atoms with E-state index in [2.05, 4.69) is 11.9 Å². The molecule has 2 nitrogen and oxygen atoms in total. The number of rotatable bonds is 5. The molecule has 0 aromatic rings. The maximum atomic E-state index is 5.91. The topological polar surface area (TPSA) is 38.4 Å². The highest BCUT2D eigenvalue weighted by Crippen LogP contribution is 2.04.